The van der Waals surface area contributed by atoms with Gasteiger partial charge in [-0.05, 0) is 44.0 Å². The molecule has 3 N–H and O–H groups in total. The molecule has 0 atom stereocenters. The van der Waals surface area contributed by atoms with Gasteiger partial charge >= 0.3 is 6.03 Å². The second-order valence-corrected chi connectivity index (χ2v) is 6.05. The maximum absolute atomic E-state index is 12.8. The first-order chi connectivity index (χ1) is 10.5. The van der Waals surface area contributed by atoms with Gasteiger partial charge in [0.2, 0.25) is 0 Å². The molecule has 1 saturated carbocycles. The first-order valence-corrected chi connectivity index (χ1v) is 7.64. The summed E-state index contributed by atoms with van der Waals surface area (Å²) < 4.78 is 12.8. The normalized spacial score (nSPS) is 16.2. The van der Waals surface area contributed by atoms with Crippen molar-refractivity contribution in [3.63, 3.8) is 0 Å². The second kappa shape index (κ2) is 7.56. The van der Waals surface area contributed by atoms with Gasteiger partial charge in [0.15, 0.2) is 0 Å². The number of amides is 2. The summed E-state index contributed by atoms with van der Waals surface area (Å²) >= 11 is 0. The van der Waals surface area contributed by atoms with Gasteiger partial charge in [-0.1, -0.05) is 12.1 Å². The molecule has 0 bridgehead atoms. The van der Waals surface area contributed by atoms with Gasteiger partial charge in [0.05, 0.1) is 5.60 Å². The first-order valence-electron chi connectivity index (χ1n) is 7.64. The molecular formula is C16H24FN3O2. The molecule has 0 spiro atoms. The third-order valence-electron chi connectivity index (χ3n) is 4.01. The number of hydrogen-bond acceptors (Lipinski definition) is 3. The van der Waals surface area contributed by atoms with Crippen LogP contribution in [0.1, 0.15) is 24.8 Å². The number of aliphatic hydroxyl groups is 1. The topological polar surface area (TPSA) is 64.6 Å². The molecule has 0 saturated heterocycles. The molecule has 1 aromatic rings. The van der Waals surface area contributed by atoms with E-state index in [0.29, 0.717) is 26.2 Å². The minimum atomic E-state index is -0.698. The third kappa shape index (κ3) is 5.27. The van der Waals surface area contributed by atoms with Crippen LogP contribution in [-0.4, -0.2) is 48.3 Å². The minimum Gasteiger partial charge on any atom is -0.388 e. The molecule has 1 fully saturated rings. The number of benzene rings is 1. The van der Waals surface area contributed by atoms with Gasteiger partial charge in [-0.3, -0.25) is 0 Å². The molecule has 0 aromatic heterocycles. The van der Waals surface area contributed by atoms with Crippen molar-refractivity contribution in [1.29, 1.82) is 0 Å². The highest BCUT2D eigenvalue weighted by atomic mass is 19.1. The Bertz CT molecular complexity index is 489. The van der Waals surface area contributed by atoms with Gasteiger partial charge in [-0.25, -0.2) is 9.18 Å². The highest BCUT2D eigenvalue weighted by Crippen LogP contribution is 2.30. The van der Waals surface area contributed by atoms with Crippen LogP contribution >= 0.6 is 0 Å². The Balaban J connectivity index is 1.58. The number of likely N-dealkylation sites (N-methyl/N-ethyl adjacent to an activating group) is 1. The molecule has 22 heavy (non-hydrogen) atoms. The first kappa shape index (κ1) is 16.7. The maximum Gasteiger partial charge on any atom is 0.314 e. The van der Waals surface area contributed by atoms with E-state index in [1.165, 1.54) is 12.1 Å². The van der Waals surface area contributed by atoms with Gasteiger partial charge in [0.25, 0.3) is 0 Å². The lowest BCUT2D eigenvalue weighted by atomic mass is 9.80. The SMILES string of the molecule is CN(CCNC(=O)NCC1(O)CCC1)Cc1ccc(F)cc1. The quantitative estimate of drug-likeness (QED) is 0.715. The molecule has 0 aliphatic heterocycles. The van der Waals surface area contributed by atoms with E-state index in [4.69, 9.17) is 0 Å². The van der Waals surface area contributed by atoms with Crippen molar-refractivity contribution in [3.8, 4) is 0 Å². The van der Waals surface area contributed by atoms with Gasteiger partial charge in [0.1, 0.15) is 5.82 Å². The van der Waals surface area contributed by atoms with Crippen LogP contribution in [0.4, 0.5) is 9.18 Å². The van der Waals surface area contributed by atoms with Crippen molar-refractivity contribution in [3.05, 3.63) is 35.6 Å². The number of halogens is 1. The molecule has 1 aromatic carbocycles. The minimum absolute atomic E-state index is 0.238. The fraction of sp³-hybridized carbons (Fsp3) is 0.562. The number of nitrogens with one attached hydrogen (secondary N) is 2. The number of carbonyl (C=O) groups is 1. The highest BCUT2D eigenvalue weighted by molar-refractivity contribution is 5.73. The van der Waals surface area contributed by atoms with Crippen molar-refractivity contribution >= 4 is 6.03 Å². The maximum atomic E-state index is 12.8. The van der Waals surface area contributed by atoms with E-state index in [1.807, 2.05) is 11.9 Å². The molecule has 0 heterocycles. The predicted molar refractivity (Wildman–Crippen MR) is 82.9 cm³/mol. The Morgan fingerprint density at radius 1 is 1.32 bits per heavy atom. The number of urea groups is 1. The van der Waals surface area contributed by atoms with Crippen molar-refractivity contribution in [2.24, 2.45) is 0 Å². The average Bonchev–Trinajstić information content (AvgIpc) is 2.45. The molecule has 122 valence electrons. The summed E-state index contributed by atoms with van der Waals surface area (Å²) in [7, 11) is 1.94. The van der Waals surface area contributed by atoms with Gasteiger partial charge in [0, 0.05) is 26.2 Å². The Morgan fingerprint density at radius 3 is 2.59 bits per heavy atom. The van der Waals surface area contributed by atoms with E-state index in [2.05, 4.69) is 10.6 Å². The molecule has 1 aliphatic rings. The van der Waals surface area contributed by atoms with E-state index < -0.39 is 5.60 Å². The van der Waals surface area contributed by atoms with Gasteiger partial charge in [-0.15, -0.1) is 0 Å². The van der Waals surface area contributed by atoms with Crippen LogP contribution in [0.2, 0.25) is 0 Å². The molecule has 2 amide bonds. The summed E-state index contributed by atoms with van der Waals surface area (Å²) in [6.07, 6.45) is 2.54. The molecular weight excluding hydrogens is 285 g/mol. The van der Waals surface area contributed by atoms with Crippen molar-refractivity contribution in [1.82, 2.24) is 15.5 Å². The molecule has 6 heteroatoms. The van der Waals surface area contributed by atoms with E-state index in [1.54, 1.807) is 12.1 Å². The Labute approximate surface area is 130 Å². The molecule has 2 rings (SSSR count). The zero-order chi connectivity index (χ0) is 16.0. The molecule has 0 radical (unpaired) electrons. The average molecular weight is 309 g/mol. The van der Waals surface area contributed by atoms with E-state index in [-0.39, 0.29) is 11.8 Å². The third-order valence-corrected chi connectivity index (χ3v) is 4.01. The van der Waals surface area contributed by atoms with E-state index in [9.17, 15) is 14.3 Å². The van der Waals surface area contributed by atoms with E-state index >= 15 is 0 Å². The Hall–Kier alpha value is -1.66. The lowest BCUT2D eigenvalue weighted by Crippen LogP contribution is -2.50. The lowest BCUT2D eigenvalue weighted by Gasteiger charge is -2.36. The standard InChI is InChI=1S/C16H24FN3O2/c1-20(11-13-3-5-14(17)6-4-13)10-9-18-15(21)19-12-16(22)7-2-8-16/h3-6,22H,2,7-12H2,1H3,(H2,18,19,21). The molecule has 1 aliphatic carbocycles. The molecule has 5 nitrogen and oxygen atoms in total. The summed E-state index contributed by atoms with van der Waals surface area (Å²) in [5, 5.41) is 15.3. The summed E-state index contributed by atoms with van der Waals surface area (Å²) in [5.74, 6) is -0.238. The van der Waals surface area contributed by atoms with Crippen LogP contribution in [0, 0.1) is 5.82 Å². The predicted octanol–water partition coefficient (Wildman–Crippen LogP) is 1.47. The fourth-order valence-electron chi connectivity index (χ4n) is 2.41. The summed E-state index contributed by atoms with van der Waals surface area (Å²) in [6, 6.07) is 6.15. The van der Waals surface area contributed by atoms with Gasteiger partial charge < -0.3 is 20.6 Å². The van der Waals surface area contributed by atoms with Crippen LogP contribution in [0.15, 0.2) is 24.3 Å². The van der Waals surface area contributed by atoms with Crippen LogP contribution in [0.3, 0.4) is 0 Å². The molecule has 0 unspecified atom stereocenters. The smallest absolute Gasteiger partial charge is 0.314 e. The number of rotatable bonds is 7. The van der Waals surface area contributed by atoms with Crippen molar-refractivity contribution < 1.29 is 14.3 Å². The van der Waals surface area contributed by atoms with Crippen LogP contribution in [0.25, 0.3) is 0 Å². The summed E-state index contributed by atoms with van der Waals surface area (Å²) in [6.45, 7) is 2.21. The van der Waals surface area contributed by atoms with Crippen molar-refractivity contribution in [2.75, 3.05) is 26.7 Å². The van der Waals surface area contributed by atoms with Crippen LogP contribution in [0.5, 0.6) is 0 Å². The van der Waals surface area contributed by atoms with Crippen molar-refractivity contribution in [2.45, 2.75) is 31.4 Å². The Kier molecular flexibility index (Phi) is 5.74. The fourth-order valence-corrected chi connectivity index (χ4v) is 2.41. The number of carbonyl (C=O) groups excluding carboxylic acids is 1. The lowest BCUT2D eigenvalue weighted by molar-refractivity contribution is -0.0290. The number of nitrogens with zero attached hydrogens (tertiary/aromatic N) is 1. The zero-order valence-corrected chi connectivity index (χ0v) is 12.9. The zero-order valence-electron chi connectivity index (χ0n) is 12.9. The summed E-state index contributed by atoms with van der Waals surface area (Å²) in [4.78, 5) is 13.7. The van der Waals surface area contributed by atoms with Crippen LogP contribution < -0.4 is 10.6 Å². The van der Waals surface area contributed by atoms with Crippen LogP contribution in [-0.2, 0) is 6.54 Å². The summed E-state index contributed by atoms with van der Waals surface area (Å²) in [5.41, 5.74) is 0.331. The van der Waals surface area contributed by atoms with E-state index in [0.717, 1.165) is 24.8 Å². The number of hydrogen-bond donors (Lipinski definition) is 3. The Morgan fingerprint density at radius 2 is 2.00 bits per heavy atom. The monoisotopic (exact) mass is 309 g/mol. The second-order valence-electron chi connectivity index (χ2n) is 6.05. The highest BCUT2D eigenvalue weighted by Gasteiger charge is 2.34. The van der Waals surface area contributed by atoms with Gasteiger partial charge in [-0.2, -0.15) is 0 Å². The largest absolute Gasteiger partial charge is 0.388 e.